The molecule has 1 aromatic carbocycles. The number of halogens is 1. The normalized spacial score (nSPS) is 15.9. The molecule has 76 valence electrons. The molecule has 0 atom stereocenters. The van der Waals surface area contributed by atoms with Crippen molar-refractivity contribution in [1.29, 1.82) is 0 Å². The van der Waals surface area contributed by atoms with Crippen LogP contribution in [0.4, 0.5) is 0 Å². The van der Waals surface area contributed by atoms with Crippen molar-refractivity contribution in [2.45, 2.75) is 12.8 Å². The maximum atomic E-state index is 11.6. The number of nitrogens with zero attached hydrogens (tertiary/aromatic N) is 1. The van der Waals surface area contributed by atoms with Gasteiger partial charge in [-0.1, -0.05) is 30.3 Å². The first-order valence-electron chi connectivity index (χ1n) is 4.74. The lowest BCUT2D eigenvalue weighted by Gasteiger charge is -2.09. The van der Waals surface area contributed by atoms with Crippen molar-refractivity contribution >= 4 is 26.3 Å². The molecule has 1 heterocycles. The van der Waals surface area contributed by atoms with Crippen LogP contribution >= 0.6 is 15.9 Å². The molecule has 0 unspecified atom stereocenters. The minimum atomic E-state index is 0.153. The van der Waals surface area contributed by atoms with Crippen LogP contribution in [0.3, 0.4) is 0 Å². The van der Waals surface area contributed by atoms with Crippen LogP contribution in [0.15, 0.2) is 47.1 Å². The number of allylic oxidation sites excluding steroid dienone is 1. The lowest BCUT2D eigenvalue weighted by atomic mass is 10.00. The zero-order valence-electron chi connectivity index (χ0n) is 8.11. The van der Waals surface area contributed by atoms with Gasteiger partial charge in [0.25, 0.3) is 0 Å². The summed E-state index contributed by atoms with van der Waals surface area (Å²) in [7, 11) is 0. The Morgan fingerprint density at radius 3 is 2.67 bits per heavy atom. The number of hydrogen-bond donors (Lipinski definition) is 0. The van der Waals surface area contributed by atoms with E-state index in [4.69, 9.17) is 0 Å². The van der Waals surface area contributed by atoms with Gasteiger partial charge < -0.3 is 0 Å². The van der Waals surface area contributed by atoms with Gasteiger partial charge in [-0.2, -0.15) is 0 Å². The minimum absolute atomic E-state index is 0.153. The molecule has 0 saturated heterocycles. The molecule has 1 aliphatic rings. The number of ketones is 1. The number of carbonyl (C=O) groups is 1. The van der Waals surface area contributed by atoms with Crippen molar-refractivity contribution in [3.05, 3.63) is 47.7 Å². The van der Waals surface area contributed by atoms with E-state index in [1.807, 2.05) is 30.3 Å². The average molecular weight is 264 g/mol. The van der Waals surface area contributed by atoms with Crippen LogP contribution in [0.1, 0.15) is 12.0 Å². The van der Waals surface area contributed by atoms with E-state index < -0.39 is 0 Å². The highest BCUT2D eigenvalue weighted by Gasteiger charge is 2.15. The molecule has 0 amide bonds. The fourth-order valence-electron chi connectivity index (χ4n) is 1.47. The van der Waals surface area contributed by atoms with Crippen LogP contribution in [-0.4, -0.2) is 10.4 Å². The van der Waals surface area contributed by atoms with Gasteiger partial charge in [0.15, 0.2) is 5.78 Å². The molecule has 0 fully saturated rings. The Hall–Kier alpha value is -1.22. The largest absolute Gasteiger partial charge is 0.294 e. The Morgan fingerprint density at radius 2 is 2.00 bits per heavy atom. The summed E-state index contributed by atoms with van der Waals surface area (Å²) in [6.45, 7) is 0. The number of carbonyl (C=O) groups excluding carboxylic acids is 1. The summed E-state index contributed by atoms with van der Waals surface area (Å²) in [5.41, 5.74) is 1.93. The topological polar surface area (TPSA) is 29.4 Å². The van der Waals surface area contributed by atoms with Crippen LogP contribution in [0.2, 0.25) is 0 Å². The second-order valence-corrected chi connectivity index (χ2v) is 4.34. The lowest BCUT2D eigenvalue weighted by molar-refractivity contribution is -0.114. The van der Waals surface area contributed by atoms with Gasteiger partial charge >= 0.3 is 0 Å². The second-order valence-electron chi connectivity index (χ2n) is 3.42. The number of rotatable bonds is 2. The molecule has 1 aliphatic heterocycles. The molecule has 15 heavy (non-hydrogen) atoms. The summed E-state index contributed by atoms with van der Waals surface area (Å²) in [5.74, 6) is 0.153. The summed E-state index contributed by atoms with van der Waals surface area (Å²) < 4.78 is 0.712. The molecule has 0 saturated carbocycles. The van der Waals surface area contributed by atoms with Gasteiger partial charge in [0.05, 0.1) is 11.0 Å². The number of Topliss-reactive ketones (excluding diaryl/α,β-unsaturated/α-hetero) is 1. The maximum Gasteiger partial charge on any atom is 0.167 e. The van der Waals surface area contributed by atoms with Crippen molar-refractivity contribution in [3.8, 4) is 0 Å². The molecule has 0 radical (unpaired) electrons. The van der Waals surface area contributed by atoms with E-state index in [0.29, 0.717) is 17.5 Å². The van der Waals surface area contributed by atoms with Gasteiger partial charge in [0.2, 0.25) is 0 Å². The third-order valence-electron chi connectivity index (χ3n) is 2.26. The Morgan fingerprint density at radius 1 is 1.27 bits per heavy atom. The Bertz CT molecular complexity index is 434. The van der Waals surface area contributed by atoms with Gasteiger partial charge in [0, 0.05) is 18.2 Å². The van der Waals surface area contributed by atoms with E-state index in [1.165, 1.54) is 0 Å². The van der Waals surface area contributed by atoms with Crippen LogP contribution in [0, 0.1) is 0 Å². The summed E-state index contributed by atoms with van der Waals surface area (Å²) >= 11 is 3.23. The quantitative estimate of drug-likeness (QED) is 0.807. The standard InChI is InChI=1S/C12H10BrNO/c13-12-7-11(15)10(8-14-12)6-9-4-2-1-3-5-9/h1-5,8H,6-7H2. The Balaban J connectivity index is 2.16. The van der Waals surface area contributed by atoms with Crippen LogP contribution in [0.25, 0.3) is 0 Å². The van der Waals surface area contributed by atoms with E-state index in [0.717, 1.165) is 11.1 Å². The molecule has 0 aliphatic carbocycles. The van der Waals surface area contributed by atoms with Crippen molar-refractivity contribution in [2.24, 2.45) is 4.99 Å². The first-order valence-corrected chi connectivity index (χ1v) is 5.53. The van der Waals surface area contributed by atoms with E-state index >= 15 is 0 Å². The van der Waals surface area contributed by atoms with Gasteiger partial charge in [-0.15, -0.1) is 0 Å². The van der Waals surface area contributed by atoms with E-state index in [-0.39, 0.29) is 5.78 Å². The van der Waals surface area contributed by atoms with Crippen LogP contribution in [0.5, 0.6) is 0 Å². The van der Waals surface area contributed by atoms with Gasteiger partial charge in [0.1, 0.15) is 0 Å². The number of aliphatic imine (C=N–C) groups is 1. The molecule has 2 rings (SSSR count). The molecular formula is C12H10BrNO. The summed E-state index contributed by atoms with van der Waals surface area (Å²) in [4.78, 5) is 15.7. The molecule has 1 aromatic rings. The second kappa shape index (κ2) is 4.53. The summed E-state index contributed by atoms with van der Waals surface area (Å²) in [6.07, 6.45) is 2.71. The highest BCUT2D eigenvalue weighted by molar-refractivity contribution is 9.18. The van der Waals surface area contributed by atoms with Crippen molar-refractivity contribution < 1.29 is 4.79 Å². The van der Waals surface area contributed by atoms with Gasteiger partial charge in [-0.3, -0.25) is 9.79 Å². The van der Waals surface area contributed by atoms with Gasteiger partial charge in [-0.25, -0.2) is 0 Å². The molecule has 0 bridgehead atoms. The van der Waals surface area contributed by atoms with Crippen LogP contribution in [-0.2, 0) is 11.2 Å². The van der Waals surface area contributed by atoms with E-state index in [2.05, 4.69) is 20.9 Å². The summed E-state index contributed by atoms with van der Waals surface area (Å²) in [6, 6.07) is 9.95. The van der Waals surface area contributed by atoms with Crippen LogP contribution < -0.4 is 0 Å². The number of hydrogen-bond acceptors (Lipinski definition) is 2. The van der Waals surface area contributed by atoms with Crippen molar-refractivity contribution in [2.75, 3.05) is 0 Å². The minimum Gasteiger partial charge on any atom is -0.294 e. The molecular weight excluding hydrogens is 254 g/mol. The lowest BCUT2D eigenvalue weighted by Crippen LogP contribution is -2.11. The highest BCUT2D eigenvalue weighted by Crippen LogP contribution is 2.16. The molecule has 0 spiro atoms. The smallest absolute Gasteiger partial charge is 0.167 e. The molecule has 0 N–H and O–H groups in total. The van der Waals surface area contributed by atoms with Gasteiger partial charge in [-0.05, 0) is 21.5 Å². The monoisotopic (exact) mass is 263 g/mol. The molecule has 0 aromatic heterocycles. The third kappa shape index (κ3) is 2.63. The highest BCUT2D eigenvalue weighted by atomic mass is 79.9. The summed E-state index contributed by atoms with van der Waals surface area (Å²) in [5, 5.41) is 0. The van der Waals surface area contributed by atoms with Crippen molar-refractivity contribution in [1.82, 2.24) is 0 Å². The van der Waals surface area contributed by atoms with E-state index in [9.17, 15) is 4.79 Å². The predicted octanol–water partition coefficient (Wildman–Crippen LogP) is 2.88. The maximum absolute atomic E-state index is 11.6. The third-order valence-corrected chi connectivity index (χ3v) is 2.75. The molecule has 2 nitrogen and oxygen atoms in total. The Labute approximate surface area is 96.9 Å². The fourth-order valence-corrected chi connectivity index (χ4v) is 1.83. The first-order chi connectivity index (χ1) is 7.25. The fraction of sp³-hybridized carbons (Fsp3) is 0.167. The zero-order valence-corrected chi connectivity index (χ0v) is 9.70. The first kappa shape index (κ1) is 10.3. The Kier molecular flexibility index (Phi) is 3.11. The average Bonchev–Trinajstić information content (AvgIpc) is 2.24. The predicted molar refractivity (Wildman–Crippen MR) is 64.2 cm³/mol. The van der Waals surface area contributed by atoms with Crippen molar-refractivity contribution in [3.63, 3.8) is 0 Å². The molecule has 3 heteroatoms. The van der Waals surface area contributed by atoms with E-state index in [1.54, 1.807) is 6.20 Å². The SMILES string of the molecule is O=C1CC(Br)=NC=C1Cc1ccccc1. The number of benzene rings is 1. The zero-order chi connectivity index (χ0) is 10.7.